The molecule has 0 radical (unpaired) electrons. The average molecular weight is 215 g/mol. The first kappa shape index (κ1) is 10.9. The van der Waals surface area contributed by atoms with Gasteiger partial charge in [0.05, 0.1) is 5.69 Å². The standard InChI is InChI=1S/C14H17NO/c1-4-13(12-8-6-5-7-9-12)14-10(2)15-16-11(14)3/h5-9,13H,4H2,1-3H3. The molecule has 0 saturated heterocycles. The summed E-state index contributed by atoms with van der Waals surface area (Å²) in [6, 6.07) is 10.5. The molecule has 0 aliphatic carbocycles. The van der Waals surface area contributed by atoms with Gasteiger partial charge in [0.1, 0.15) is 5.76 Å². The Bertz CT molecular complexity index is 439. The number of benzene rings is 1. The van der Waals surface area contributed by atoms with E-state index in [0.717, 1.165) is 17.9 Å². The lowest BCUT2D eigenvalue weighted by Gasteiger charge is -2.14. The van der Waals surface area contributed by atoms with Crippen LogP contribution in [0.1, 0.15) is 41.8 Å². The molecule has 0 bridgehead atoms. The summed E-state index contributed by atoms with van der Waals surface area (Å²) in [5.74, 6) is 1.33. The van der Waals surface area contributed by atoms with Crippen molar-refractivity contribution in [1.29, 1.82) is 0 Å². The van der Waals surface area contributed by atoms with E-state index < -0.39 is 0 Å². The van der Waals surface area contributed by atoms with Crippen LogP contribution in [0.4, 0.5) is 0 Å². The van der Waals surface area contributed by atoms with Crippen molar-refractivity contribution in [3.8, 4) is 0 Å². The summed E-state index contributed by atoms with van der Waals surface area (Å²) in [5, 5.41) is 4.04. The Morgan fingerprint density at radius 2 is 1.88 bits per heavy atom. The van der Waals surface area contributed by atoms with Gasteiger partial charge in [0, 0.05) is 11.5 Å². The van der Waals surface area contributed by atoms with Gasteiger partial charge in [0.15, 0.2) is 0 Å². The van der Waals surface area contributed by atoms with E-state index in [-0.39, 0.29) is 0 Å². The summed E-state index contributed by atoms with van der Waals surface area (Å²) in [6.07, 6.45) is 1.06. The first-order valence-corrected chi connectivity index (χ1v) is 5.71. The SMILES string of the molecule is CCC(c1ccccc1)c1c(C)noc1C. The molecule has 0 fully saturated rings. The summed E-state index contributed by atoms with van der Waals surface area (Å²) in [6.45, 7) is 6.20. The Kier molecular flexibility index (Phi) is 3.09. The predicted molar refractivity (Wildman–Crippen MR) is 64.6 cm³/mol. The van der Waals surface area contributed by atoms with Gasteiger partial charge in [-0.05, 0) is 25.8 Å². The molecule has 0 aliphatic heterocycles. The Hall–Kier alpha value is -1.57. The van der Waals surface area contributed by atoms with Gasteiger partial charge < -0.3 is 4.52 Å². The summed E-state index contributed by atoms with van der Waals surface area (Å²) >= 11 is 0. The second-order valence-corrected chi connectivity index (χ2v) is 4.11. The number of aromatic nitrogens is 1. The molecule has 0 saturated carbocycles. The molecule has 0 N–H and O–H groups in total. The zero-order chi connectivity index (χ0) is 11.5. The lowest BCUT2D eigenvalue weighted by molar-refractivity contribution is 0.391. The van der Waals surface area contributed by atoms with Crippen LogP contribution in [0.2, 0.25) is 0 Å². The van der Waals surface area contributed by atoms with Crippen molar-refractivity contribution in [2.45, 2.75) is 33.1 Å². The summed E-state index contributed by atoms with van der Waals surface area (Å²) in [5.41, 5.74) is 3.58. The van der Waals surface area contributed by atoms with Crippen molar-refractivity contribution in [2.24, 2.45) is 0 Å². The topological polar surface area (TPSA) is 26.0 Å². The fourth-order valence-corrected chi connectivity index (χ4v) is 2.28. The van der Waals surface area contributed by atoms with Crippen LogP contribution in [0, 0.1) is 13.8 Å². The maximum absolute atomic E-state index is 5.25. The van der Waals surface area contributed by atoms with Gasteiger partial charge in [-0.15, -0.1) is 0 Å². The van der Waals surface area contributed by atoms with E-state index in [1.807, 2.05) is 19.9 Å². The van der Waals surface area contributed by atoms with Crippen molar-refractivity contribution in [3.63, 3.8) is 0 Å². The largest absolute Gasteiger partial charge is 0.361 e. The molecular formula is C14H17NO. The molecule has 0 spiro atoms. The maximum atomic E-state index is 5.25. The van der Waals surface area contributed by atoms with Crippen molar-refractivity contribution in [3.05, 3.63) is 52.9 Å². The third-order valence-electron chi connectivity index (χ3n) is 3.05. The smallest absolute Gasteiger partial charge is 0.137 e. The van der Waals surface area contributed by atoms with E-state index >= 15 is 0 Å². The highest BCUT2D eigenvalue weighted by Crippen LogP contribution is 2.31. The molecule has 0 aliphatic rings. The quantitative estimate of drug-likeness (QED) is 0.777. The van der Waals surface area contributed by atoms with E-state index in [9.17, 15) is 0 Å². The lowest BCUT2D eigenvalue weighted by atomic mass is 9.88. The molecular weight excluding hydrogens is 198 g/mol. The van der Waals surface area contributed by atoms with Crippen LogP contribution in [-0.4, -0.2) is 5.16 Å². The fourth-order valence-electron chi connectivity index (χ4n) is 2.28. The van der Waals surface area contributed by atoms with Crippen LogP contribution in [0.3, 0.4) is 0 Å². The van der Waals surface area contributed by atoms with E-state index in [1.165, 1.54) is 11.1 Å². The van der Waals surface area contributed by atoms with E-state index in [1.54, 1.807) is 0 Å². The summed E-state index contributed by atoms with van der Waals surface area (Å²) in [4.78, 5) is 0. The molecule has 2 aromatic rings. The van der Waals surface area contributed by atoms with Crippen LogP contribution in [0.25, 0.3) is 0 Å². The Labute approximate surface area is 96.3 Å². The minimum Gasteiger partial charge on any atom is -0.361 e. The molecule has 16 heavy (non-hydrogen) atoms. The zero-order valence-electron chi connectivity index (χ0n) is 10.0. The van der Waals surface area contributed by atoms with Crippen molar-refractivity contribution in [2.75, 3.05) is 0 Å². The monoisotopic (exact) mass is 215 g/mol. The number of hydrogen-bond acceptors (Lipinski definition) is 2. The first-order valence-electron chi connectivity index (χ1n) is 5.71. The second kappa shape index (κ2) is 4.52. The molecule has 2 rings (SSSR count). The van der Waals surface area contributed by atoms with E-state index in [2.05, 4.69) is 36.3 Å². The van der Waals surface area contributed by atoms with Crippen molar-refractivity contribution < 1.29 is 4.52 Å². The minimum atomic E-state index is 0.396. The number of aryl methyl sites for hydroxylation is 2. The highest BCUT2D eigenvalue weighted by Gasteiger charge is 2.20. The number of nitrogens with zero attached hydrogens (tertiary/aromatic N) is 1. The summed E-state index contributed by atoms with van der Waals surface area (Å²) < 4.78 is 5.25. The molecule has 1 unspecified atom stereocenters. The van der Waals surface area contributed by atoms with Gasteiger partial charge in [-0.25, -0.2) is 0 Å². The van der Waals surface area contributed by atoms with E-state index in [4.69, 9.17) is 4.52 Å². The van der Waals surface area contributed by atoms with Gasteiger partial charge in [-0.1, -0.05) is 42.4 Å². The molecule has 0 amide bonds. The minimum absolute atomic E-state index is 0.396. The molecule has 1 aromatic heterocycles. The third-order valence-corrected chi connectivity index (χ3v) is 3.05. The normalized spacial score (nSPS) is 12.7. The van der Waals surface area contributed by atoms with Crippen LogP contribution in [0.5, 0.6) is 0 Å². The van der Waals surface area contributed by atoms with Gasteiger partial charge in [0.2, 0.25) is 0 Å². The highest BCUT2D eigenvalue weighted by atomic mass is 16.5. The van der Waals surface area contributed by atoms with Crippen LogP contribution >= 0.6 is 0 Å². The number of rotatable bonds is 3. The fraction of sp³-hybridized carbons (Fsp3) is 0.357. The van der Waals surface area contributed by atoms with E-state index in [0.29, 0.717) is 5.92 Å². The third kappa shape index (κ3) is 1.87. The second-order valence-electron chi connectivity index (χ2n) is 4.11. The average Bonchev–Trinajstić information content (AvgIpc) is 2.63. The van der Waals surface area contributed by atoms with Crippen LogP contribution < -0.4 is 0 Å². The first-order chi connectivity index (χ1) is 7.74. The summed E-state index contributed by atoms with van der Waals surface area (Å²) in [7, 11) is 0. The van der Waals surface area contributed by atoms with Gasteiger partial charge in [-0.2, -0.15) is 0 Å². The lowest BCUT2D eigenvalue weighted by Crippen LogP contribution is -2.01. The maximum Gasteiger partial charge on any atom is 0.137 e. The van der Waals surface area contributed by atoms with Crippen molar-refractivity contribution >= 4 is 0 Å². The van der Waals surface area contributed by atoms with Gasteiger partial charge in [-0.3, -0.25) is 0 Å². The number of hydrogen-bond donors (Lipinski definition) is 0. The molecule has 1 heterocycles. The van der Waals surface area contributed by atoms with Gasteiger partial charge >= 0.3 is 0 Å². The Balaban J connectivity index is 2.45. The van der Waals surface area contributed by atoms with Crippen molar-refractivity contribution in [1.82, 2.24) is 5.16 Å². The van der Waals surface area contributed by atoms with Crippen LogP contribution in [0.15, 0.2) is 34.9 Å². The molecule has 2 nitrogen and oxygen atoms in total. The molecule has 1 aromatic carbocycles. The zero-order valence-corrected chi connectivity index (χ0v) is 10.0. The highest BCUT2D eigenvalue weighted by molar-refractivity contribution is 5.35. The molecule has 84 valence electrons. The van der Waals surface area contributed by atoms with Crippen LogP contribution in [-0.2, 0) is 0 Å². The molecule has 1 atom stereocenters. The molecule has 2 heteroatoms. The Morgan fingerprint density at radius 3 is 2.38 bits per heavy atom. The predicted octanol–water partition coefficient (Wildman–Crippen LogP) is 3.83. The Morgan fingerprint density at radius 1 is 1.19 bits per heavy atom. The van der Waals surface area contributed by atoms with Gasteiger partial charge in [0.25, 0.3) is 0 Å².